The summed E-state index contributed by atoms with van der Waals surface area (Å²) in [5.74, 6) is 0. The second-order valence-electron chi connectivity index (χ2n) is 3.21. The number of oxime groups is 1. The Morgan fingerprint density at radius 1 is 1.38 bits per heavy atom. The Morgan fingerprint density at radius 3 is 2.69 bits per heavy atom. The molecular weight excluding hydrogens is 162 g/mol. The fourth-order valence-electron chi connectivity index (χ4n) is 1.46. The van der Waals surface area contributed by atoms with Crippen LogP contribution in [0.5, 0.6) is 0 Å². The summed E-state index contributed by atoms with van der Waals surface area (Å²) in [6.45, 7) is 2.16. The number of hydrogen-bond donors (Lipinski definition) is 0. The smallest absolute Gasteiger partial charge is 0.157 e. The molecule has 13 heavy (non-hydrogen) atoms. The Bertz CT molecular complexity index is 294. The molecule has 2 nitrogen and oxygen atoms in total. The van der Waals surface area contributed by atoms with Gasteiger partial charge in [-0.2, -0.15) is 0 Å². The number of rotatable bonds is 2. The van der Waals surface area contributed by atoms with Crippen LogP contribution in [0.3, 0.4) is 0 Å². The van der Waals surface area contributed by atoms with E-state index >= 15 is 0 Å². The molecule has 1 atom stereocenters. The molecule has 2 heteroatoms. The lowest BCUT2D eigenvalue weighted by molar-refractivity contribution is 0.0858. The molecule has 0 bridgehead atoms. The summed E-state index contributed by atoms with van der Waals surface area (Å²) >= 11 is 0. The Labute approximate surface area is 78.2 Å². The van der Waals surface area contributed by atoms with Crippen LogP contribution in [0.15, 0.2) is 29.4 Å². The molecule has 1 heterocycles. The van der Waals surface area contributed by atoms with E-state index in [1.54, 1.807) is 0 Å². The first-order chi connectivity index (χ1) is 6.40. The van der Waals surface area contributed by atoms with Gasteiger partial charge < -0.3 is 4.84 Å². The van der Waals surface area contributed by atoms with Gasteiger partial charge in [-0.25, -0.2) is 0 Å². The predicted molar refractivity (Wildman–Crippen MR) is 52.8 cm³/mol. The third-order valence-corrected chi connectivity index (χ3v) is 2.34. The maximum Gasteiger partial charge on any atom is 0.157 e. The maximum atomic E-state index is 5.18. The van der Waals surface area contributed by atoms with Crippen LogP contribution in [-0.4, -0.2) is 6.21 Å². The second-order valence-corrected chi connectivity index (χ2v) is 3.21. The van der Waals surface area contributed by atoms with Crippen LogP contribution < -0.4 is 0 Å². The largest absolute Gasteiger partial charge is 0.388 e. The number of aryl methyl sites for hydroxylation is 1. The van der Waals surface area contributed by atoms with Crippen molar-refractivity contribution in [1.82, 2.24) is 0 Å². The van der Waals surface area contributed by atoms with Crippen molar-refractivity contribution in [1.29, 1.82) is 0 Å². The molecule has 0 amide bonds. The molecular formula is C11H13NO. The molecule has 0 aliphatic carbocycles. The minimum Gasteiger partial charge on any atom is -0.388 e. The second kappa shape index (κ2) is 3.60. The van der Waals surface area contributed by atoms with E-state index in [4.69, 9.17) is 4.84 Å². The standard InChI is InChI=1S/C11H13NO/c1-2-9-3-5-10(6-4-9)11-7-8-12-13-11/h3-6,8,11H,2,7H2,1H3. The van der Waals surface area contributed by atoms with Crippen molar-refractivity contribution >= 4 is 6.21 Å². The van der Waals surface area contributed by atoms with Crippen molar-refractivity contribution in [2.24, 2.45) is 5.16 Å². The van der Waals surface area contributed by atoms with Gasteiger partial charge in [0.2, 0.25) is 0 Å². The lowest BCUT2D eigenvalue weighted by Gasteiger charge is -2.08. The van der Waals surface area contributed by atoms with Gasteiger partial charge in [0.05, 0.1) is 0 Å². The van der Waals surface area contributed by atoms with Gasteiger partial charge in [-0.1, -0.05) is 36.3 Å². The molecule has 1 aliphatic rings. The van der Waals surface area contributed by atoms with Crippen LogP contribution in [0.1, 0.15) is 30.6 Å². The van der Waals surface area contributed by atoms with Crippen molar-refractivity contribution in [3.05, 3.63) is 35.4 Å². The van der Waals surface area contributed by atoms with Gasteiger partial charge >= 0.3 is 0 Å². The van der Waals surface area contributed by atoms with Crippen molar-refractivity contribution < 1.29 is 4.84 Å². The van der Waals surface area contributed by atoms with Gasteiger partial charge in [0.1, 0.15) is 0 Å². The fraction of sp³-hybridized carbons (Fsp3) is 0.364. The molecule has 1 aromatic carbocycles. The average molecular weight is 175 g/mol. The quantitative estimate of drug-likeness (QED) is 0.677. The van der Waals surface area contributed by atoms with Gasteiger partial charge in [0.25, 0.3) is 0 Å². The summed E-state index contributed by atoms with van der Waals surface area (Å²) in [4.78, 5) is 5.18. The van der Waals surface area contributed by atoms with Gasteiger partial charge in [0.15, 0.2) is 6.10 Å². The zero-order valence-corrected chi connectivity index (χ0v) is 7.73. The molecule has 2 rings (SSSR count). The molecule has 0 fully saturated rings. The summed E-state index contributed by atoms with van der Waals surface area (Å²) in [5, 5.41) is 3.76. The molecule has 0 aromatic heterocycles. The van der Waals surface area contributed by atoms with E-state index in [-0.39, 0.29) is 6.10 Å². The SMILES string of the molecule is CCc1ccc(C2CC=NO2)cc1. The summed E-state index contributed by atoms with van der Waals surface area (Å²) in [6, 6.07) is 8.55. The van der Waals surface area contributed by atoms with Crippen LogP contribution >= 0.6 is 0 Å². The lowest BCUT2D eigenvalue weighted by atomic mass is 10.0. The molecule has 68 valence electrons. The minimum absolute atomic E-state index is 0.144. The molecule has 0 saturated heterocycles. The van der Waals surface area contributed by atoms with E-state index in [0.717, 1.165) is 12.8 Å². The summed E-state index contributed by atoms with van der Waals surface area (Å²) in [5.41, 5.74) is 2.58. The molecule has 1 unspecified atom stereocenters. The Balaban J connectivity index is 2.13. The molecule has 0 N–H and O–H groups in total. The van der Waals surface area contributed by atoms with Crippen LogP contribution in [-0.2, 0) is 11.3 Å². The third-order valence-electron chi connectivity index (χ3n) is 2.34. The summed E-state index contributed by atoms with van der Waals surface area (Å²) < 4.78 is 0. The van der Waals surface area contributed by atoms with Crippen LogP contribution in [0.25, 0.3) is 0 Å². The van der Waals surface area contributed by atoms with Gasteiger partial charge in [-0.3, -0.25) is 0 Å². The lowest BCUT2D eigenvalue weighted by Crippen LogP contribution is -1.95. The number of benzene rings is 1. The normalized spacial score (nSPS) is 20.2. The molecule has 1 aliphatic heterocycles. The number of nitrogens with zero attached hydrogens (tertiary/aromatic N) is 1. The topological polar surface area (TPSA) is 21.6 Å². The monoisotopic (exact) mass is 175 g/mol. The van der Waals surface area contributed by atoms with Crippen LogP contribution in [0.2, 0.25) is 0 Å². The van der Waals surface area contributed by atoms with Gasteiger partial charge in [0, 0.05) is 12.6 Å². The van der Waals surface area contributed by atoms with Crippen LogP contribution in [0, 0.1) is 0 Å². The highest BCUT2D eigenvalue weighted by Gasteiger charge is 2.14. The zero-order chi connectivity index (χ0) is 9.10. The van der Waals surface area contributed by atoms with E-state index in [1.165, 1.54) is 11.1 Å². The van der Waals surface area contributed by atoms with Crippen molar-refractivity contribution in [2.75, 3.05) is 0 Å². The third kappa shape index (κ3) is 1.72. The highest BCUT2D eigenvalue weighted by atomic mass is 16.6. The van der Waals surface area contributed by atoms with Crippen molar-refractivity contribution in [3.63, 3.8) is 0 Å². The zero-order valence-electron chi connectivity index (χ0n) is 7.73. The summed E-state index contributed by atoms with van der Waals surface area (Å²) in [6.07, 6.45) is 3.94. The van der Waals surface area contributed by atoms with Gasteiger partial charge in [-0.05, 0) is 17.5 Å². The molecule has 0 radical (unpaired) electrons. The maximum absolute atomic E-state index is 5.18. The van der Waals surface area contributed by atoms with Crippen LogP contribution in [0.4, 0.5) is 0 Å². The molecule has 1 aromatic rings. The highest BCUT2D eigenvalue weighted by Crippen LogP contribution is 2.24. The number of hydrogen-bond acceptors (Lipinski definition) is 2. The van der Waals surface area contributed by atoms with E-state index in [0.29, 0.717) is 0 Å². The molecule has 0 saturated carbocycles. The molecule has 0 spiro atoms. The predicted octanol–water partition coefficient (Wildman–Crippen LogP) is 2.70. The Hall–Kier alpha value is -1.31. The van der Waals surface area contributed by atoms with E-state index in [1.807, 2.05) is 6.21 Å². The first-order valence-electron chi connectivity index (χ1n) is 4.66. The van der Waals surface area contributed by atoms with Crippen molar-refractivity contribution in [3.8, 4) is 0 Å². The van der Waals surface area contributed by atoms with Gasteiger partial charge in [-0.15, -0.1) is 0 Å². The Morgan fingerprint density at radius 2 is 2.15 bits per heavy atom. The van der Waals surface area contributed by atoms with E-state index < -0.39 is 0 Å². The first kappa shape index (κ1) is 8.30. The van der Waals surface area contributed by atoms with Crippen molar-refractivity contribution in [2.45, 2.75) is 25.9 Å². The first-order valence-corrected chi connectivity index (χ1v) is 4.66. The minimum atomic E-state index is 0.144. The highest BCUT2D eigenvalue weighted by molar-refractivity contribution is 5.59. The fourth-order valence-corrected chi connectivity index (χ4v) is 1.46. The average Bonchev–Trinajstić information content (AvgIpc) is 2.71. The van der Waals surface area contributed by atoms with E-state index in [9.17, 15) is 0 Å². The summed E-state index contributed by atoms with van der Waals surface area (Å²) in [7, 11) is 0. The Kier molecular flexibility index (Phi) is 2.30. The van der Waals surface area contributed by atoms with E-state index in [2.05, 4.69) is 36.3 Å².